The van der Waals surface area contributed by atoms with Crippen molar-refractivity contribution in [2.75, 3.05) is 31.9 Å². The summed E-state index contributed by atoms with van der Waals surface area (Å²) in [5.74, 6) is 1.99. The number of rotatable bonds is 7. The zero-order valence-corrected chi connectivity index (χ0v) is 13.6. The molecule has 1 aromatic carbocycles. The Balaban J connectivity index is 2.00. The Labute approximate surface area is 130 Å². The maximum Gasteiger partial charge on any atom is 0.214 e. The predicted molar refractivity (Wildman–Crippen MR) is 82.6 cm³/mol. The largest absolute Gasteiger partial charge is 0.486 e. The molecule has 0 fully saturated rings. The second kappa shape index (κ2) is 7.33. The fraction of sp³-hybridized carbons (Fsp3) is 0.571. The first-order chi connectivity index (χ1) is 10.0. The highest BCUT2D eigenvalue weighted by atomic mass is 35.5. The highest BCUT2D eigenvalue weighted by molar-refractivity contribution is 7.89. The Morgan fingerprint density at radius 2 is 1.90 bits per heavy atom. The Bertz CT molecular complexity index is 576. The first-order valence-electron chi connectivity index (χ1n) is 6.91. The van der Waals surface area contributed by atoms with Gasteiger partial charge in [0, 0.05) is 19.5 Å². The smallest absolute Gasteiger partial charge is 0.214 e. The minimum Gasteiger partial charge on any atom is -0.486 e. The third kappa shape index (κ3) is 4.49. The average Bonchev–Trinajstić information content (AvgIpc) is 2.47. The van der Waals surface area contributed by atoms with E-state index in [4.69, 9.17) is 21.1 Å². The average molecular weight is 334 g/mol. The minimum absolute atomic E-state index is 0.126. The molecule has 1 heterocycles. The van der Waals surface area contributed by atoms with Gasteiger partial charge >= 0.3 is 0 Å². The van der Waals surface area contributed by atoms with Crippen LogP contribution < -0.4 is 9.47 Å². The highest BCUT2D eigenvalue weighted by Crippen LogP contribution is 2.31. The van der Waals surface area contributed by atoms with Gasteiger partial charge in [-0.05, 0) is 30.5 Å². The van der Waals surface area contributed by atoms with Gasteiger partial charge in [-0.2, -0.15) is 0 Å². The summed E-state index contributed by atoms with van der Waals surface area (Å²) in [5, 5.41) is 0. The molecule has 2 rings (SSSR count). The molecule has 7 heteroatoms. The van der Waals surface area contributed by atoms with Gasteiger partial charge in [-0.15, -0.1) is 11.6 Å². The molecule has 0 spiro atoms. The van der Waals surface area contributed by atoms with Crippen LogP contribution in [-0.2, 0) is 16.6 Å². The molecule has 0 aromatic heterocycles. The van der Waals surface area contributed by atoms with Gasteiger partial charge < -0.3 is 9.47 Å². The number of fused-ring (bicyclic) bond motifs is 1. The van der Waals surface area contributed by atoms with Crippen LogP contribution in [0.5, 0.6) is 11.5 Å². The Hall–Kier alpha value is -0.980. The van der Waals surface area contributed by atoms with Crippen molar-refractivity contribution in [3.05, 3.63) is 23.8 Å². The molecule has 1 aromatic rings. The Kier molecular flexibility index (Phi) is 5.72. The molecule has 0 saturated carbocycles. The van der Waals surface area contributed by atoms with E-state index < -0.39 is 10.0 Å². The predicted octanol–water partition coefficient (Wildman–Crippen LogP) is 2.24. The third-order valence-electron chi connectivity index (χ3n) is 3.27. The summed E-state index contributed by atoms with van der Waals surface area (Å²) in [5.41, 5.74) is 0.877. The van der Waals surface area contributed by atoms with Crippen LogP contribution in [0.4, 0.5) is 0 Å². The first kappa shape index (κ1) is 16.4. The number of benzene rings is 1. The number of hydrogen-bond donors (Lipinski definition) is 0. The van der Waals surface area contributed by atoms with Gasteiger partial charge in [0.1, 0.15) is 13.2 Å². The van der Waals surface area contributed by atoms with Crippen LogP contribution in [0, 0.1) is 0 Å². The van der Waals surface area contributed by atoms with E-state index in [-0.39, 0.29) is 5.75 Å². The summed E-state index contributed by atoms with van der Waals surface area (Å²) >= 11 is 5.57. The monoisotopic (exact) mass is 333 g/mol. The van der Waals surface area contributed by atoms with E-state index in [2.05, 4.69) is 0 Å². The molecule has 21 heavy (non-hydrogen) atoms. The van der Waals surface area contributed by atoms with E-state index in [9.17, 15) is 8.42 Å². The summed E-state index contributed by atoms with van der Waals surface area (Å²) in [6.45, 7) is 1.38. The lowest BCUT2D eigenvalue weighted by Crippen LogP contribution is -2.29. The SMILES string of the molecule is CN(Cc1ccc2c(c1)OCCO2)S(=O)(=O)CCCCCl. The molecule has 1 aliphatic heterocycles. The molecule has 0 saturated heterocycles. The Morgan fingerprint density at radius 1 is 1.19 bits per heavy atom. The molecule has 0 unspecified atom stereocenters. The number of nitrogens with zero attached hydrogens (tertiary/aromatic N) is 1. The van der Waals surface area contributed by atoms with Crippen LogP contribution in [0.15, 0.2) is 18.2 Å². The third-order valence-corrected chi connectivity index (χ3v) is 5.42. The summed E-state index contributed by atoms with van der Waals surface area (Å²) in [7, 11) is -1.66. The van der Waals surface area contributed by atoms with Gasteiger partial charge in [-0.1, -0.05) is 6.07 Å². The molecule has 0 amide bonds. The van der Waals surface area contributed by atoms with Crippen molar-refractivity contribution in [3.8, 4) is 11.5 Å². The molecular formula is C14H20ClNO4S. The van der Waals surface area contributed by atoms with Crippen LogP contribution >= 0.6 is 11.6 Å². The van der Waals surface area contributed by atoms with Crippen molar-refractivity contribution in [1.29, 1.82) is 0 Å². The van der Waals surface area contributed by atoms with Gasteiger partial charge in [0.25, 0.3) is 0 Å². The maximum absolute atomic E-state index is 12.1. The molecule has 118 valence electrons. The molecular weight excluding hydrogens is 314 g/mol. The van der Waals surface area contributed by atoms with Gasteiger partial charge in [0.05, 0.1) is 5.75 Å². The first-order valence-corrected chi connectivity index (χ1v) is 9.06. The fourth-order valence-electron chi connectivity index (χ4n) is 2.08. The standard InChI is InChI=1S/C14H20ClNO4S/c1-16(21(17,18)9-3-2-6-15)11-12-4-5-13-14(10-12)20-8-7-19-13/h4-5,10H,2-3,6-9,11H2,1H3. The number of unbranched alkanes of at least 4 members (excludes halogenated alkanes) is 1. The van der Waals surface area contributed by atoms with Crippen LogP contribution in [-0.4, -0.2) is 44.6 Å². The molecule has 0 atom stereocenters. The van der Waals surface area contributed by atoms with E-state index in [1.54, 1.807) is 7.05 Å². The summed E-state index contributed by atoms with van der Waals surface area (Å²) in [4.78, 5) is 0. The summed E-state index contributed by atoms with van der Waals surface area (Å²) in [6.07, 6.45) is 1.29. The summed E-state index contributed by atoms with van der Waals surface area (Å²) in [6, 6.07) is 5.51. The Morgan fingerprint density at radius 3 is 2.62 bits per heavy atom. The second-order valence-electron chi connectivity index (χ2n) is 4.95. The minimum atomic E-state index is -3.25. The number of ether oxygens (including phenoxy) is 2. The highest BCUT2D eigenvalue weighted by Gasteiger charge is 2.19. The topological polar surface area (TPSA) is 55.8 Å². The summed E-state index contributed by atoms with van der Waals surface area (Å²) < 4.78 is 36.6. The van der Waals surface area contributed by atoms with Crippen molar-refractivity contribution < 1.29 is 17.9 Å². The normalized spacial score (nSPS) is 14.4. The fourth-order valence-corrected chi connectivity index (χ4v) is 3.49. The van der Waals surface area contributed by atoms with Crippen LogP contribution in [0.3, 0.4) is 0 Å². The van der Waals surface area contributed by atoms with Crippen LogP contribution in [0.25, 0.3) is 0 Å². The molecule has 0 radical (unpaired) electrons. The van der Waals surface area contributed by atoms with Crippen LogP contribution in [0.2, 0.25) is 0 Å². The van der Waals surface area contributed by atoms with Crippen molar-refractivity contribution in [2.24, 2.45) is 0 Å². The van der Waals surface area contributed by atoms with Gasteiger partial charge in [-0.25, -0.2) is 12.7 Å². The molecule has 0 N–H and O–H groups in total. The second-order valence-corrected chi connectivity index (χ2v) is 7.52. The lowest BCUT2D eigenvalue weighted by Gasteiger charge is -2.21. The van der Waals surface area contributed by atoms with Gasteiger partial charge in [0.2, 0.25) is 10.0 Å². The number of sulfonamides is 1. The molecule has 0 bridgehead atoms. The van der Waals surface area contributed by atoms with Crippen molar-refractivity contribution in [1.82, 2.24) is 4.31 Å². The molecule has 1 aliphatic rings. The van der Waals surface area contributed by atoms with Crippen molar-refractivity contribution in [3.63, 3.8) is 0 Å². The lowest BCUT2D eigenvalue weighted by molar-refractivity contribution is 0.171. The van der Waals surface area contributed by atoms with Crippen LogP contribution in [0.1, 0.15) is 18.4 Å². The zero-order chi connectivity index (χ0) is 15.3. The van der Waals surface area contributed by atoms with E-state index in [0.717, 1.165) is 5.56 Å². The number of alkyl halides is 1. The van der Waals surface area contributed by atoms with Crippen molar-refractivity contribution >= 4 is 21.6 Å². The van der Waals surface area contributed by atoms with Gasteiger partial charge in [0.15, 0.2) is 11.5 Å². The van der Waals surface area contributed by atoms with E-state index in [1.807, 2.05) is 18.2 Å². The quantitative estimate of drug-likeness (QED) is 0.567. The molecule has 0 aliphatic carbocycles. The number of hydrogen-bond acceptors (Lipinski definition) is 4. The molecule has 5 nitrogen and oxygen atoms in total. The van der Waals surface area contributed by atoms with Gasteiger partial charge in [-0.3, -0.25) is 0 Å². The van der Waals surface area contributed by atoms with Crippen molar-refractivity contribution in [2.45, 2.75) is 19.4 Å². The van der Waals surface area contributed by atoms with E-state index in [1.165, 1.54) is 4.31 Å². The van der Waals surface area contributed by atoms with E-state index in [0.29, 0.717) is 50.0 Å². The maximum atomic E-state index is 12.1. The zero-order valence-electron chi connectivity index (χ0n) is 12.0. The van der Waals surface area contributed by atoms with E-state index >= 15 is 0 Å². The number of halogens is 1. The lowest BCUT2D eigenvalue weighted by atomic mass is 10.2.